The van der Waals surface area contributed by atoms with E-state index in [2.05, 4.69) is 10.6 Å². The quantitative estimate of drug-likeness (QED) is 0.0334. The van der Waals surface area contributed by atoms with E-state index in [0.29, 0.717) is 0 Å². The van der Waals surface area contributed by atoms with Gasteiger partial charge in [-0.15, -0.1) is 0 Å². The minimum absolute atomic E-state index is 0. The summed E-state index contributed by atoms with van der Waals surface area (Å²) in [6.45, 7) is -0.882. The van der Waals surface area contributed by atoms with E-state index in [-0.39, 0.29) is 199 Å². The Balaban J connectivity index is -0.000000160. The maximum Gasteiger partial charge on any atom is 0.187 e. The standard InChI is InChI=1S/C25H43NO18.C19H33NO13.13H2S/c1-7-13(26-9-2-8(3-27)14(32)19(37)15(9)33)18(36)21(39)25(42-7)44-23-12(5-29)43-24(22(40)20(23)38)41-6-11(31)17(35)16(34)10(30)4-28;1-6-11(20-8-2-7(3-21)12(26)16(30)13(8)27)15(29)17(31)19(32-6)33-18(10(25)5-23)14(28)9(24)4-22;;;;;;;;;;;;;/h2,4,7,9-27,29-40H,3,5-6H2,1H3;2,4,6,8-21,23-31H,3,5H2,1H3;13*1H2/t7-,9?,10?,11-,12?,13?,14-,15+,16?,17?,18+,19?,20?,21?,22-,23?,24+,25?;6-,8?,9+,10?,11?,12-,13+,14-,15+,16?,17?,18-,19?;;;;;;;;;;;;;/m11............./s1. The van der Waals surface area contributed by atoms with Gasteiger partial charge in [0.1, 0.15) is 134 Å². The molecule has 3 heterocycles. The summed E-state index contributed by atoms with van der Waals surface area (Å²) in [6.07, 6.45) is -43.1. The van der Waals surface area contributed by atoms with Crippen LogP contribution in [0.4, 0.5) is 0 Å². The normalized spacial score (nSPS) is 36.7. The average Bonchev–Trinajstić information content (AvgIpc) is 3.42. The SMILES string of the molecule is C[C@H]1OC(OC2C(CO)O[C@H](OC[C@@H](O)C(O)C(O)C(O)C=O)[C@H](O)C2O)C(O)[C@@H](O)C1NC1C=C(CO)[C@@H](O)C(O)[C@H]1O.C[C@H]1OC(O[C@H](C(O)CO)[C@H](O)[C@@H](O)C=O)C(O)[C@@H](O)C1NC1C=C(CO)[C@@H](O)C(O)[C@H]1O.S.S.S.S.S.S.S.S.S.S.S.S.S. The van der Waals surface area contributed by atoms with E-state index in [9.17, 15) is 127 Å². The molecule has 2 aliphatic carbocycles. The molecular formula is C44H102N2O31S13. The van der Waals surface area contributed by atoms with Crippen molar-refractivity contribution in [2.24, 2.45) is 0 Å². The van der Waals surface area contributed by atoms with Crippen LogP contribution in [0.2, 0.25) is 0 Å². The molecule has 5 aliphatic rings. The fourth-order valence-electron chi connectivity index (χ4n) is 9.12. The summed E-state index contributed by atoms with van der Waals surface area (Å²) in [4.78, 5) is 21.3. The van der Waals surface area contributed by atoms with E-state index in [1.54, 1.807) is 0 Å². The molecule has 0 amide bonds. The highest BCUT2D eigenvalue weighted by atomic mass is 32.1. The number of hydrogen-bond acceptors (Lipinski definition) is 33. The molecule has 33 nitrogen and oxygen atoms in total. The molecule has 0 aromatic heterocycles. The summed E-state index contributed by atoms with van der Waals surface area (Å²) >= 11 is 0. The molecule has 3 saturated heterocycles. The van der Waals surface area contributed by atoms with Crippen molar-refractivity contribution < 1.29 is 155 Å². The Morgan fingerprint density at radius 3 is 1.22 bits per heavy atom. The lowest BCUT2D eigenvalue weighted by molar-refractivity contribution is -0.352. The van der Waals surface area contributed by atoms with Gasteiger partial charge in [0.05, 0.1) is 69.4 Å². The van der Waals surface area contributed by atoms with E-state index in [1.165, 1.54) is 26.0 Å². The number of nitrogens with one attached hydrogen (secondary N) is 2. The van der Waals surface area contributed by atoms with E-state index in [1.807, 2.05) is 0 Å². The van der Waals surface area contributed by atoms with Crippen molar-refractivity contribution >= 4 is 188 Å². The molecule has 25 N–H and O–H groups in total. The van der Waals surface area contributed by atoms with Crippen molar-refractivity contribution in [1.29, 1.82) is 0 Å². The third-order valence-electron chi connectivity index (χ3n) is 13.9. The minimum atomic E-state index is -2.06. The topological polar surface area (TPSA) is 579 Å². The first-order valence-electron chi connectivity index (χ1n) is 24.3. The molecule has 0 aromatic carbocycles. The van der Waals surface area contributed by atoms with Crippen molar-refractivity contribution in [2.45, 2.75) is 203 Å². The summed E-state index contributed by atoms with van der Waals surface area (Å²) in [6, 6.07) is -4.29. The van der Waals surface area contributed by atoms with Crippen LogP contribution in [0.1, 0.15) is 13.8 Å². The highest BCUT2D eigenvalue weighted by Gasteiger charge is 2.53. The Morgan fingerprint density at radius 2 is 0.844 bits per heavy atom. The zero-order chi connectivity index (χ0) is 58.1. The van der Waals surface area contributed by atoms with Crippen molar-refractivity contribution in [2.75, 3.05) is 33.0 Å². The zero-order valence-electron chi connectivity index (χ0n) is 47.8. The summed E-state index contributed by atoms with van der Waals surface area (Å²) < 4.78 is 32.7. The van der Waals surface area contributed by atoms with Crippen LogP contribution in [0.5, 0.6) is 0 Å². The minimum Gasteiger partial charge on any atom is -0.394 e. The van der Waals surface area contributed by atoms with E-state index < -0.39 is 223 Å². The van der Waals surface area contributed by atoms with Gasteiger partial charge >= 0.3 is 0 Å². The highest BCUT2D eigenvalue weighted by Crippen LogP contribution is 2.32. The molecular weight excluding hydrogens is 1470 g/mol. The number of aldehydes is 2. The number of carbonyl (C=O) groups is 2. The lowest BCUT2D eigenvalue weighted by Crippen LogP contribution is -2.68. The van der Waals surface area contributed by atoms with Crippen LogP contribution in [-0.4, -0.2) is 353 Å². The number of ether oxygens (including phenoxy) is 6. The summed E-state index contributed by atoms with van der Waals surface area (Å²) in [5.74, 6) is 0. The summed E-state index contributed by atoms with van der Waals surface area (Å²) in [7, 11) is 0. The average molecular weight is 1570 g/mol. The number of aliphatic hydroxyl groups is 23. The van der Waals surface area contributed by atoms with Gasteiger partial charge in [0.15, 0.2) is 31.4 Å². The Morgan fingerprint density at radius 1 is 0.467 bits per heavy atom. The predicted octanol–water partition coefficient (Wildman–Crippen LogP) is -13.8. The van der Waals surface area contributed by atoms with Crippen LogP contribution in [0, 0.1) is 0 Å². The lowest BCUT2D eigenvalue weighted by Gasteiger charge is -2.47. The Kier molecular flexibility index (Phi) is 66.9. The molecule has 0 radical (unpaired) electrons. The molecule has 90 heavy (non-hydrogen) atoms. The van der Waals surface area contributed by atoms with Gasteiger partial charge in [0.2, 0.25) is 0 Å². The van der Waals surface area contributed by atoms with E-state index >= 15 is 0 Å². The molecule has 3 fully saturated rings. The Labute approximate surface area is 609 Å². The summed E-state index contributed by atoms with van der Waals surface area (Å²) in [5.41, 5.74) is 0.0533. The van der Waals surface area contributed by atoms with Crippen molar-refractivity contribution in [3.05, 3.63) is 23.3 Å². The second kappa shape index (κ2) is 53.0. The summed E-state index contributed by atoms with van der Waals surface area (Å²) in [5, 5.41) is 236. The van der Waals surface area contributed by atoms with E-state index in [0.717, 1.165) is 0 Å². The predicted molar refractivity (Wildman–Crippen MR) is 380 cm³/mol. The molecule has 0 saturated carbocycles. The number of aliphatic hydroxyl groups excluding tert-OH is 23. The second-order valence-corrected chi connectivity index (χ2v) is 19.3. The molecule has 3 aliphatic heterocycles. The first-order valence-corrected chi connectivity index (χ1v) is 24.3. The maximum absolute atomic E-state index is 10.9. The van der Waals surface area contributed by atoms with Gasteiger partial charge in [0, 0.05) is 0 Å². The van der Waals surface area contributed by atoms with Crippen molar-refractivity contribution in [3.63, 3.8) is 0 Å². The van der Waals surface area contributed by atoms with Crippen molar-refractivity contribution in [3.8, 4) is 0 Å². The number of carbonyl (C=O) groups excluding carboxylic acids is 2. The van der Waals surface area contributed by atoms with Gasteiger partial charge in [-0.25, -0.2) is 0 Å². The zero-order valence-corrected chi connectivity index (χ0v) is 60.8. The Hall–Kier alpha value is 2.13. The fourth-order valence-corrected chi connectivity index (χ4v) is 9.12. The lowest BCUT2D eigenvalue weighted by atomic mass is 9.86. The van der Waals surface area contributed by atoms with Crippen LogP contribution in [-0.2, 0) is 38.0 Å². The van der Waals surface area contributed by atoms with Crippen LogP contribution in [0.15, 0.2) is 23.3 Å². The third-order valence-corrected chi connectivity index (χ3v) is 13.9. The first-order chi connectivity index (χ1) is 36.1. The smallest absolute Gasteiger partial charge is 0.187 e. The Bertz CT molecular complexity index is 1910. The monoisotopic (exact) mass is 1570 g/mol. The van der Waals surface area contributed by atoms with Crippen LogP contribution < -0.4 is 10.6 Å². The van der Waals surface area contributed by atoms with Crippen LogP contribution >= 0.6 is 175 Å². The van der Waals surface area contributed by atoms with Crippen molar-refractivity contribution in [1.82, 2.24) is 10.6 Å². The molecule has 46 heteroatoms. The number of rotatable bonds is 23. The molecule has 5 rings (SSSR count). The van der Waals surface area contributed by atoms with Gasteiger partial charge in [-0.05, 0) is 25.0 Å². The molecule has 17 unspecified atom stereocenters. The highest BCUT2D eigenvalue weighted by molar-refractivity contribution is 7.60. The van der Waals surface area contributed by atoms with E-state index in [4.69, 9.17) is 28.4 Å². The molecule has 0 spiro atoms. The van der Waals surface area contributed by atoms with Gasteiger partial charge < -0.3 is 166 Å². The second-order valence-electron chi connectivity index (χ2n) is 19.3. The first kappa shape index (κ1) is 113. The molecule has 0 aromatic rings. The van der Waals surface area contributed by atoms with Gasteiger partial charge in [-0.2, -0.15) is 175 Å². The maximum atomic E-state index is 10.9. The van der Waals surface area contributed by atoms with Crippen LogP contribution in [0.3, 0.4) is 0 Å². The molecule has 31 atom stereocenters. The largest absolute Gasteiger partial charge is 0.394 e. The molecule has 552 valence electrons. The molecule has 0 bridgehead atoms. The van der Waals surface area contributed by atoms with Gasteiger partial charge in [0.25, 0.3) is 0 Å². The van der Waals surface area contributed by atoms with Crippen LogP contribution in [0.25, 0.3) is 0 Å². The number of hydrogen-bond donors (Lipinski definition) is 25. The third kappa shape index (κ3) is 28.3. The van der Waals surface area contributed by atoms with Gasteiger partial charge in [-0.3, -0.25) is 0 Å². The van der Waals surface area contributed by atoms with Gasteiger partial charge in [-0.1, -0.05) is 12.2 Å². The fraction of sp³-hybridized carbons (Fsp3) is 0.864.